The first-order valence-electron chi connectivity index (χ1n) is 6.34. The van der Waals surface area contributed by atoms with Gasteiger partial charge < -0.3 is 10.6 Å². The standard InChI is InChI=1S/C12H19N5/c13-10-8-11(9-10)16-4-6-17(7-5-16)12-14-2-1-3-15-12/h1-3,10-11H,4-9,13H2. The van der Waals surface area contributed by atoms with Crippen molar-refractivity contribution < 1.29 is 0 Å². The molecule has 0 aromatic carbocycles. The van der Waals surface area contributed by atoms with Gasteiger partial charge in [0.1, 0.15) is 0 Å². The van der Waals surface area contributed by atoms with Gasteiger partial charge in [0.15, 0.2) is 0 Å². The molecule has 2 aliphatic rings. The number of nitrogens with zero attached hydrogens (tertiary/aromatic N) is 4. The summed E-state index contributed by atoms with van der Waals surface area (Å²) in [6.45, 7) is 4.26. The average Bonchev–Trinajstić information content (AvgIpc) is 2.36. The molecule has 3 rings (SSSR count). The van der Waals surface area contributed by atoms with Crippen LogP contribution in [0.4, 0.5) is 5.95 Å². The Morgan fingerprint density at radius 3 is 2.29 bits per heavy atom. The fourth-order valence-electron chi connectivity index (χ4n) is 2.67. The highest BCUT2D eigenvalue weighted by Crippen LogP contribution is 2.25. The molecular formula is C12H19N5. The van der Waals surface area contributed by atoms with Gasteiger partial charge in [-0.1, -0.05) is 0 Å². The van der Waals surface area contributed by atoms with Crippen LogP contribution < -0.4 is 10.6 Å². The fourth-order valence-corrected chi connectivity index (χ4v) is 2.67. The van der Waals surface area contributed by atoms with Crippen LogP contribution in [-0.4, -0.2) is 53.1 Å². The van der Waals surface area contributed by atoms with Crippen LogP contribution in [-0.2, 0) is 0 Å². The van der Waals surface area contributed by atoms with Crippen molar-refractivity contribution in [2.75, 3.05) is 31.1 Å². The maximum absolute atomic E-state index is 5.84. The predicted molar refractivity (Wildman–Crippen MR) is 66.8 cm³/mol. The van der Waals surface area contributed by atoms with Gasteiger partial charge in [0, 0.05) is 50.7 Å². The molecule has 2 fully saturated rings. The molecule has 1 aromatic heterocycles. The van der Waals surface area contributed by atoms with Gasteiger partial charge in [-0.2, -0.15) is 0 Å². The summed E-state index contributed by atoms with van der Waals surface area (Å²) in [4.78, 5) is 13.4. The topological polar surface area (TPSA) is 58.3 Å². The number of anilines is 1. The quantitative estimate of drug-likeness (QED) is 0.784. The molecule has 1 aliphatic carbocycles. The van der Waals surface area contributed by atoms with E-state index < -0.39 is 0 Å². The zero-order valence-electron chi connectivity index (χ0n) is 10.00. The predicted octanol–water partition coefficient (Wildman–Crippen LogP) is 0.0883. The number of hydrogen-bond acceptors (Lipinski definition) is 5. The van der Waals surface area contributed by atoms with Crippen molar-refractivity contribution in [2.45, 2.75) is 24.9 Å². The molecule has 0 unspecified atom stereocenters. The van der Waals surface area contributed by atoms with E-state index in [1.165, 1.54) is 12.8 Å². The van der Waals surface area contributed by atoms with E-state index in [0.29, 0.717) is 6.04 Å². The SMILES string of the molecule is NC1CC(N2CCN(c3ncccn3)CC2)C1. The largest absolute Gasteiger partial charge is 0.338 e. The fraction of sp³-hybridized carbons (Fsp3) is 0.667. The summed E-state index contributed by atoms with van der Waals surface area (Å²) in [5, 5.41) is 0. The molecule has 0 spiro atoms. The van der Waals surface area contributed by atoms with E-state index in [1.807, 2.05) is 6.07 Å². The lowest BCUT2D eigenvalue weighted by atomic mass is 9.86. The van der Waals surface area contributed by atoms with Crippen LogP contribution >= 0.6 is 0 Å². The Morgan fingerprint density at radius 1 is 1.06 bits per heavy atom. The van der Waals surface area contributed by atoms with Gasteiger partial charge in [-0.05, 0) is 18.9 Å². The van der Waals surface area contributed by atoms with Gasteiger partial charge in [-0.25, -0.2) is 9.97 Å². The lowest BCUT2D eigenvalue weighted by molar-refractivity contribution is 0.104. The number of rotatable bonds is 2. The van der Waals surface area contributed by atoms with E-state index in [0.717, 1.165) is 38.2 Å². The first kappa shape index (κ1) is 10.9. The van der Waals surface area contributed by atoms with Crippen molar-refractivity contribution >= 4 is 5.95 Å². The third-order valence-electron chi connectivity index (χ3n) is 3.82. The van der Waals surface area contributed by atoms with Gasteiger partial charge in [-0.3, -0.25) is 4.90 Å². The number of hydrogen-bond donors (Lipinski definition) is 1. The minimum atomic E-state index is 0.440. The Morgan fingerprint density at radius 2 is 1.71 bits per heavy atom. The zero-order valence-corrected chi connectivity index (χ0v) is 10.00. The van der Waals surface area contributed by atoms with Crippen molar-refractivity contribution in [3.63, 3.8) is 0 Å². The van der Waals surface area contributed by atoms with Crippen LogP contribution in [0.2, 0.25) is 0 Å². The Bertz CT molecular complexity index is 354. The minimum Gasteiger partial charge on any atom is -0.338 e. The van der Waals surface area contributed by atoms with Gasteiger partial charge in [0.25, 0.3) is 0 Å². The van der Waals surface area contributed by atoms with E-state index in [9.17, 15) is 0 Å². The highest BCUT2D eigenvalue weighted by atomic mass is 15.3. The van der Waals surface area contributed by atoms with Gasteiger partial charge in [0.05, 0.1) is 0 Å². The maximum atomic E-state index is 5.84. The molecule has 1 saturated carbocycles. The van der Waals surface area contributed by atoms with Crippen LogP contribution in [0, 0.1) is 0 Å². The first-order valence-corrected chi connectivity index (χ1v) is 6.34. The monoisotopic (exact) mass is 233 g/mol. The molecule has 0 atom stereocenters. The van der Waals surface area contributed by atoms with Crippen LogP contribution in [0.15, 0.2) is 18.5 Å². The second-order valence-electron chi connectivity index (χ2n) is 4.96. The van der Waals surface area contributed by atoms with Crippen LogP contribution in [0.1, 0.15) is 12.8 Å². The minimum absolute atomic E-state index is 0.440. The van der Waals surface area contributed by atoms with E-state index in [1.54, 1.807) is 12.4 Å². The second kappa shape index (κ2) is 4.58. The van der Waals surface area contributed by atoms with Crippen molar-refractivity contribution in [2.24, 2.45) is 5.73 Å². The van der Waals surface area contributed by atoms with Gasteiger partial charge in [-0.15, -0.1) is 0 Å². The third kappa shape index (κ3) is 2.25. The molecule has 17 heavy (non-hydrogen) atoms. The third-order valence-corrected chi connectivity index (χ3v) is 3.82. The van der Waals surface area contributed by atoms with Crippen LogP contribution in [0.5, 0.6) is 0 Å². The summed E-state index contributed by atoms with van der Waals surface area (Å²) in [6, 6.07) is 3.02. The van der Waals surface area contributed by atoms with E-state index in [4.69, 9.17) is 5.73 Å². The number of nitrogens with two attached hydrogens (primary N) is 1. The molecule has 5 nitrogen and oxygen atoms in total. The van der Waals surface area contributed by atoms with E-state index >= 15 is 0 Å². The lowest BCUT2D eigenvalue weighted by Gasteiger charge is -2.45. The summed E-state index contributed by atoms with van der Waals surface area (Å²) in [5.74, 6) is 0.859. The molecular weight excluding hydrogens is 214 g/mol. The average molecular weight is 233 g/mol. The molecule has 92 valence electrons. The number of aromatic nitrogens is 2. The highest BCUT2D eigenvalue weighted by molar-refractivity contribution is 5.29. The second-order valence-corrected chi connectivity index (χ2v) is 4.96. The summed E-state index contributed by atoms with van der Waals surface area (Å²) >= 11 is 0. The van der Waals surface area contributed by atoms with E-state index in [2.05, 4.69) is 19.8 Å². The summed E-state index contributed by atoms with van der Waals surface area (Å²) in [5.41, 5.74) is 5.84. The van der Waals surface area contributed by atoms with Gasteiger partial charge in [0.2, 0.25) is 5.95 Å². The Kier molecular flexibility index (Phi) is 2.94. The molecule has 1 aliphatic heterocycles. The van der Waals surface area contributed by atoms with Gasteiger partial charge >= 0.3 is 0 Å². The number of piperazine rings is 1. The Labute approximate surface area is 102 Å². The maximum Gasteiger partial charge on any atom is 0.225 e. The molecule has 0 radical (unpaired) electrons. The molecule has 2 N–H and O–H groups in total. The molecule has 1 saturated heterocycles. The summed E-state index contributed by atoms with van der Waals surface area (Å²) in [6.07, 6.45) is 5.95. The molecule has 0 bridgehead atoms. The Balaban J connectivity index is 1.54. The van der Waals surface area contributed by atoms with E-state index in [-0.39, 0.29) is 0 Å². The normalized spacial score (nSPS) is 30.1. The molecule has 0 amide bonds. The highest BCUT2D eigenvalue weighted by Gasteiger charge is 2.33. The van der Waals surface area contributed by atoms with Crippen LogP contribution in [0.25, 0.3) is 0 Å². The zero-order chi connectivity index (χ0) is 11.7. The Hall–Kier alpha value is -1.20. The smallest absolute Gasteiger partial charge is 0.225 e. The van der Waals surface area contributed by atoms with Crippen molar-refractivity contribution in [1.29, 1.82) is 0 Å². The van der Waals surface area contributed by atoms with Crippen molar-refractivity contribution in [3.05, 3.63) is 18.5 Å². The van der Waals surface area contributed by atoms with Crippen molar-refractivity contribution in [1.82, 2.24) is 14.9 Å². The molecule has 2 heterocycles. The first-order chi connectivity index (χ1) is 8.33. The molecule has 5 heteroatoms. The van der Waals surface area contributed by atoms with Crippen molar-refractivity contribution in [3.8, 4) is 0 Å². The summed E-state index contributed by atoms with van der Waals surface area (Å²) < 4.78 is 0. The molecule has 1 aromatic rings. The lowest BCUT2D eigenvalue weighted by Crippen LogP contribution is -2.57. The summed E-state index contributed by atoms with van der Waals surface area (Å²) in [7, 11) is 0. The van der Waals surface area contributed by atoms with Crippen LogP contribution in [0.3, 0.4) is 0 Å².